The average molecular weight is 472 g/mol. The second-order valence-electron chi connectivity index (χ2n) is 6.49. The molecule has 0 bridgehead atoms. The first kappa shape index (κ1) is 21.6. The van der Waals surface area contributed by atoms with Gasteiger partial charge in [-0.25, -0.2) is 4.98 Å². The summed E-state index contributed by atoms with van der Waals surface area (Å²) in [6.07, 6.45) is 3.63. The molecule has 3 aromatic rings. The van der Waals surface area contributed by atoms with Crippen molar-refractivity contribution in [2.24, 2.45) is 0 Å². The van der Waals surface area contributed by atoms with Crippen LogP contribution in [0.2, 0.25) is 0 Å². The number of hydrogen-bond acceptors (Lipinski definition) is 5. The van der Waals surface area contributed by atoms with E-state index in [4.69, 9.17) is 9.15 Å². The number of halogens is 1. The number of nitrogens with zero attached hydrogens (tertiary/aromatic N) is 1. The third kappa shape index (κ3) is 5.93. The average Bonchev–Trinajstić information content (AvgIpc) is 3.20. The molecule has 2 heterocycles. The molecular weight excluding hydrogens is 450 g/mol. The molecule has 3 rings (SSSR count). The van der Waals surface area contributed by atoms with E-state index >= 15 is 0 Å². The van der Waals surface area contributed by atoms with E-state index in [1.807, 2.05) is 6.07 Å². The van der Waals surface area contributed by atoms with E-state index in [1.54, 1.807) is 48.7 Å². The summed E-state index contributed by atoms with van der Waals surface area (Å²) in [7, 11) is 0. The third-order valence-electron chi connectivity index (χ3n) is 4.21. The molecule has 0 saturated carbocycles. The molecule has 156 valence electrons. The van der Waals surface area contributed by atoms with Gasteiger partial charge in [0, 0.05) is 29.6 Å². The molecule has 0 radical (unpaired) electrons. The van der Waals surface area contributed by atoms with Gasteiger partial charge in [0.2, 0.25) is 5.88 Å². The number of unbranched alkanes of at least 4 members (excludes halogenated alkanes) is 1. The van der Waals surface area contributed by atoms with Gasteiger partial charge in [-0.3, -0.25) is 9.59 Å². The van der Waals surface area contributed by atoms with E-state index in [2.05, 4.69) is 38.5 Å². The molecule has 2 amide bonds. The highest BCUT2D eigenvalue weighted by Gasteiger charge is 2.13. The Morgan fingerprint density at radius 3 is 2.77 bits per heavy atom. The van der Waals surface area contributed by atoms with Crippen LogP contribution in [0, 0.1) is 0 Å². The van der Waals surface area contributed by atoms with Gasteiger partial charge in [0.1, 0.15) is 0 Å². The molecule has 0 saturated heterocycles. The number of carbonyl (C=O) groups excluding carboxylic acids is 2. The minimum atomic E-state index is -0.400. The van der Waals surface area contributed by atoms with Gasteiger partial charge in [-0.15, -0.1) is 0 Å². The number of ether oxygens (including phenoxy) is 1. The summed E-state index contributed by atoms with van der Waals surface area (Å²) in [5, 5.41) is 5.58. The molecule has 0 spiro atoms. The Balaban J connectivity index is 1.61. The number of carbonyl (C=O) groups is 2. The van der Waals surface area contributed by atoms with Crippen molar-refractivity contribution >= 4 is 33.4 Å². The fourth-order valence-electron chi connectivity index (χ4n) is 2.65. The maximum absolute atomic E-state index is 12.6. The zero-order chi connectivity index (χ0) is 21.3. The van der Waals surface area contributed by atoms with Crippen molar-refractivity contribution in [2.75, 3.05) is 11.9 Å². The first-order valence-electron chi connectivity index (χ1n) is 9.58. The SMILES string of the molecule is CCCCOc1ncccc1CNC(=O)c1cccc(NC(=O)c2ccc(Br)o2)c1. The zero-order valence-corrected chi connectivity index (χ0v) is 18.1. The van der Waals surface area contributed by atoms with Gasteiger partial charge < -0.3 is 19.8 Å². The molecule has 0 aliphatic heterocycles. The van der Waals surface area contributed by atoms with Crippen molar-refractivity contribution in [1.82, 2.24) is 10.3 Å². The maximum atomic E-state index is 12.6. The number of aromatic nitrogens is 1. The lowest BCUT2D eigenvalue weighted by Crippen LogP contribution is -2.23. The quantitative estimate of drug-likeness (QED) is 0.437. The predicted molar refractivity (Wildman–Crippen MR) is 117 cm³/mol. The molecule has 2 aromatic heterocycles. The lowest BCUT2D eigenvalue weighted by Gasteiger charge is -2.11. The summed E-state index contributed by atoms with van der Waals surface area (Å²) in [5.41, 5.74) is 1.71. The topological polar surface area (TPSA) is 93.5 Å². The van der Waals surface area contributed by atoms with Crippen LogP contribution >= 0.6 is 15.9 Å². The van der Waals surface area contributed by atoms with Gasteiger partial charge in [0.25, 0.3) is 11.8 Å². The number of amides is 2. The Kier molecular flexibility index (Phi) is 7.62. The normalized spacial score (nSPS) is 10.5. The van der Waals surface area contributed by atoms with Crippen molar-refractivity contribution < 1.29 is 18.7 Å². The van der Waals surface area contributed by atoms with Crippen LogP contribution in [-0.2, 0) is 6.54 Å². The van der Waals surface area contributed by atoms with Crippen LogP contribution in [0.5, 0.6) is 5.88 Å². The third-order valence-corrected chi connectivity index (χ3v) is 4.63. The Labute approximate surface area is 183 Å². The van der Waals surface area contributed by atoms with Crippen molar-refractivity contribution in [2.45, 2.75) is 26.3 Å². The predicted octanol–water partition coefficient (Wildman–Crippen LogP) is 4.80. The summed E-state index contributed by atoms with van der Waals surface area (Å²) in [6, 6.07) is 13.5. The molecule has 0 aliphatic rings. The van der Waals surface area contributed by atoms with Gasteiger partial charge in [0.15, 0.2) is 10.4 Å². The number of hydrogen-bond donors (Lipinski definition) is 2. The summed E-state index contributed by atoms with van der Waals surface area (Å²) >= 11 is 3.16. The van der Waals surface area contributed by atoms with Crippen LogP contribution in [0.1, 0.15) is 46.2 Å². The van der Waals surface area contributed by atoms with Crippen molar-refractivity contribution in [3.8, 4) is 5.88 Å². The molecule has 7 nitrogen and oxygen atoms in total. The second kappa shape index (κ2) is 10.6. The van der Waals surface area contributed by atoms with E-state index in [0.717, 1.165) is 18.4 Å². The Morgan fingerprint density at radius 2 is 2.00 bits per heavy atom. The van der Waals surface area contributed by atoms with Crippen molar-refractivity contribution in [3.63, 3.8) is 0 Å². The molecule has 0 aliphatic carbocycles. The lowest BCUT2D eigenvalue weighted by molar-refractivity contribution is 0.0948. The van der Waals surface area contributed by atoms with Crippen molar-refractivity contribution in [1.29, 1.82) is 0 Å². The molecule has 30 heavy (non-hydrogen) atoms. The molecule has 8 heteroatoms. The molecule has 2 N–H and O–H groups in total. The number of benzene rings is 1. The molecular formula is C22H22BrN3O4. The van der Waals surface area contributed by atoms with Gasteiger partial charge in [-0.05, 0) is 58.7 Å². The van der Waals surface area contributed by atoms with Crippen LogP contribution in [0.25, 0.3) is 0 Å². The fraction of sp³-hybridized carbons (Fsp3) is 0.227. The highest BCUT2D eigenvalue weighted by Crippen LogP contribution is 2.18. The van der Waals surface area contributed by atoms with Gasteiger partial charge in [-0.2, -0.15) is 0 Å². The van der Waals surface area contributed by atoms with Crippen LogP contribution < -0.4 is 15.4 Å². The Morgan fingerprint density at radius 1 is 1.13 bits per heavy atom. The Hall–Kier alpha value is -3.13. The minimum Gasteiger partial charge on any atom is -0.477 e. The minimum absolute atomic E-state index is 0.170. The van der Waals surface area contributed by atoms with Crippen molar-refractivity contribution in [3.05, 3.63) is 76.3 Å². The van der Waals surface area contributed by atoms with E-state index < -0.39 is 5.91 Å². The monoisotopic (exact) mass is 471 g/mol. The van der Waals surface area contributed by atoms with Crippen LogP contribution in [0.4, 0.5) is 5.69 Å². The smallest absolute Gasteiger partial charge is 0.291 e. The highest BCUT2D eigenvalue weighted by atomic mass is 79.9. The Bertz CT molecular complexity index is 1020. The number of furan rings is 1. The zero-order valence-electron chi connectivity index (χ0n) is 16.5. The summed E-state index contributed by atoms with van der Waals surface area (Å²) in [4.78, 5) is 29.1. The summed E-state index contributed by atoms with van der Waals surface area (Å²) < 4.78 is 11.4. The second-order valence-corrected chi connectivity index (χ2v) is 7.27. The van der Waals surface area contributed by atoms with E-state index in [1.165, 1.54) is 0 Å². The van der Waals surface area contributed by atoms with E-state index in [0.29, 0.717) is 28.4 Å². The van der Waals surface area contributed by atoms with Crippen LogP contribution in [-0.4, -0.2) is 23.4 Å². The van der Waals surface area contributed by atoms with E-state index in [-0.39, 0.29) is 18.2 Å². The van der Waals surface area contributed by atoms with Crippen LogP contribution in [0.3, 0.4) is 0 Å². The summed E-state index contributed by atoms with van der Waals surface area (Å²) in [5.74, 6) is 0.0264. The number of pyridine rings is 1. The van der Waals surface area contributed by atoms with E-state index in [9.17, 15) is 9.59 Å². The standard InChI is InChI=1S/C22H22BrN3O4/c1-2-3-12-29-22-16(7-5-11-24-22)14-25-20(27)15-6-4-8-17(13-15)26-21(28)18-9-10-19(23)30-18/h4-11,13H,2-3,12,14H2,1H3,(H,25,27)(H,26,28). The first-order chi connectivity index (χ1) is 14.6. The first-order valence-corrected chi connectivity index (χ1v) is 10.4. The van der Waals surface area contributed by atoms with Crippen LogP contribution in [0.15, 0.2) is 63.8 Å². The number of rotatable bonds is 9. The molecule has 0 unspecified atom stereocenters. The largest absolute Gasteiger partial charge is 0.477 e. The summed E-state index contributed by atoms with van der Waals surface area (Å²) in [6.45, 7) is 2.96. The van der Waals surface area contributed by atoms with Gasteiger partial charge in [0.05, 0.1) is 6.61 Å². The highest BCUT2D eigenvalue weighted by molar-refractivity contribution is 9.10. The van der Waals surface area contributed by atoms with Gasteiger partial charge >= 0.3 is 0 Å². The molecule has 0 atom stereocenters. The van der Waals surface area contributed by atoms with Gasteiger partial charge in [-0.1, -0.05) is 25.5 Å². The maximum Gasteiger partial charge on any atom is 0.291 e. The molecule has 0 fully saturated rings. The molecule has 1 aromatic carbocycles. The lowest BCUT2D eigenvalue weighted by atomic mass is 10.1. The fourth-order valence-corrected chi connectivity index (χ4v) is 2.95. The number of anilines is 1. The number of nitrogens with one attached hydrogen (secondary N) is 2.